The Morgan fingerprint density at radius 1 is 0.345 bits per heavy atom. The van der Waals surface area contributed by atoms with Gasteiger partial charge in [0, 0.05) is 0 Å². The molecule has 58 heavy (non-hydrogen) atoms. The lowest BCUT2D eigenvalue weighted by Crippen LogP contribution is -2.21. The van der Waals surface area contributed by atoms with Gasteiger partial charge in [-0.05, 0) is 178 Å². The smallest absolute Gasteiger partial charge is 0.00199 e. The summed E-state index contributed by atoms with van der Waals surface area (Å²) in [5.41, 5.74) is 4.39. The number of fused-ring (bicyclic) bond motifs is 9. The second-order valence-electron chi connectivity index (χ2n) is 15.8. The minimum Gasteiger partial charge on any atom is -0.0912 e. The van der Waals surface area contributed by atoms with Gasteiger partial charge in [-0.2, -0.15) is 0 Å². The molecule has 0 aliphatic heterocycles. The number of hydrogen-bond donors (Lipinski definition) is 0. The second kappa shape index (κ2) is 12.5. The van der Waals surface area contributed by atoms with Gasteiger partial charge in [0.25, 0.3) is 0 Å². The highest BCUT2D eigenvalue weighted by Crippen LogP contribution is 2.46. The fourth-order valence-corrected chi connectivity index (χ4v) is 9.82. The van der Waals surface area contributed by atoms with Gasteiger partial charge in [-0.3, -0.25) is 0 Å². The van der Waals surface area contributed by atoms with Crippen LogP contribution in [-0.4, -0.2) is 0 Å². The molecule has 0 amide bonds. The van der Waals surface area contributed by atoms with Crippen LogP contribution in [0.3, 0.4) is 0 Å². The molecule has 0 saturated carbocycles. The van der Waals surface area contributed by atoms with Crippen LogP contribution in [0.2, 0.25) is 0 Å². The lowest BCUT2D eigenvalue weighted by molar-refractivity contribution is 1.53. The molecule has 0 unspecified atom stereocenters. The van der Waals surface area contributed by atoms with E-state index in [4.69, 9.17) is 6.58 Å². The Labute approximate surface area is 335 Å². The van der Waals surface area contributed by atoms with Gasteiger partial charge in [0.05, 0.1) is 0 Å². The van der Waals surface area contributed by atoms with E-state index in [0.29, 0.717) is 0 Å². The Kier molecular flexibility index (Phi) is 7.03. The van der Waals surface area contributed by atoms with Crippen molar-refractivity contribution in [2.45, 2.75) is 0 Å². The van der Waals surface area contributed by atoms with Crippen molar-refractivity contribution in [3.8, 4) is 11.1 Å². The highest BCUT2D eigenvalue weighted by Gasteiger charge is 2.18. The fraction of sp³-hybridized carbons (Fsp3) is 0. The van der Waals surface area contributed by atoms with E-state index < -0.39 is 0 Å². The average molecular weight is 733 g/mol. The highest BCUT2D eigenvalue weighted by atomic mass is 14.2. The van der Waals surface area contributed by atoms with Crippen molar-refractivity contribution in [3.05, 3.63) is 211 Å². The van der Waals surface area contributed by atoms with Crippen molar-refractivity contribution in [3.63, 3.8) is 0 Å². The normalized spacial score (nSPS) is 12.4. The third-order valence-electron chi connectivity index (χ3n) is 12.5. The average Bonchev–Trinajstić information content (AvgIpc) is 3.59. The van der Waals surface area contributed by atoms with Gasteiger partial charge in [-0.1, -0.05) is 159 Å². The van der Waals surface area contributed by atoms with Crippen LogP contribution in [0, 0.1) is 0 Å². The fourth-order valence-electron chi connectivity index (χ4n) is 9.82. The first kappa shape index (κ1) is 32.7. The van der Waals surface area contributed by atoms with Crippen LogP contribution < -0.4 is 10.4 Å². The van der Waals surface area contributed by atoms with Crippen LogP contribution in [-0.2, 0) is 0 Å². The molecule has 0 heteroatoms. The van der Waals surface area contributed by atoms with E-state index in [-0.39, 0.29) is 0 Å². The summed E-state index contributed by atoms with van der Waals surface area (Å²) < 4.78 is 0. The van der Waals surface area contributed by atoms with Crippen molar-refractivity contribution in [2.24, 2.45) is 0 Å². The molecule has 0 aliphatic carbocycles. The molecule has 0 nitrogen and oxygen atoms in total. The van der Waals surface area contributed by atoms with E-state index in [1.165, 1.54) is 103 Å². The van der Waals surface area contributed by atoms with Gasteiger partial charge in [-0.15, -0.1) is 0 Å². The van der Waals surface area contributed by atoms with Gasteiger partial charge in [-0.25, -0.2) is 0 Å². The Morgan fingerprint density at radius 2 is 0.931 bits per heavy atom. The topological polar surface area (TPSA) is 0 Å². The molecule has 0 atom stereocenters. The monoisotopic (exact) mass is 732 g/mol. The SMILES string of the molecule is C=C(/C=c1/ccccc1=C)c1cc2cc3ccccc3c3cccc(cc(-c4ccc5ccccc5c4)c4cc5c(cc14)c1cc4ccccc4c4cccc5c41)c23. The molecule has 0 aromatic heterocycles. The van der Waals surface area contributed by atoms with Gasteiger partial charge < -0.3 is 0 Å². The van der Waals surface area contributed by atoms with Gasteiger partial charge in [0.15, 0.2) is 0 Å². The van der Waals surface area contributed by atoms with E-state index in [2.05, 4.69) is 195 Å². The largest absolute Gasteiger partial charge is 0.0912 e. The lowest BCUT2D eigenvalue weighted by atomic mass is 9.92. The van der Waals surface area contributed by atoms with Gasteiger partial charge in [0.2, 0.25) is 0 Å². The molecule has 268 valence electrons. The molecule has 12 aromatic rings. The molecule has 12 aromatic carbocycles. The minimum atomic E-state index is 0.940. The first-order chi connectivity index (χ1) is 28.6. The van der Waals surface area contributed by atoms with Crippen molar-refractivity contribution < 1.29 is 0 Å². The first-order valence-corrected chi connectivity index (χ1v) is 20.0. The molecule has 0 aliphatic rings. The Hall–Kier alpha value is -7.54. The number of rotatable bonds is 3. The minimum absolute atomic E-state index is 0.940. The van der Waals surface area contributed by atoms with Crippen molar-refractivity contribution >= 4 is 115 Å². The third-order valence-corrected chi connectivity index (χ3v) is 12.5. The zero-order valence-electron chi connectivity index (χ0n) is 31.9. The maximum absolute atomic E-state index is 4.88. The highest BCUT2D eigenvalue weighted by molar-refractivity contribution is 6.36. The summed E-state index contributed by atoms with van der Waals surface area (Å²) >= 11 is 0. The van der Waals surface area contributed by atoms with Crippen LogP contribution in [0.25, 0.3) is 126 Å². The van der Waals surface area contributed by atoms with Crippen LogP contribution in [0.1, 0.15) is 5.56 Å². The molecule has 0 saturated heterocycles. The van der Waals surface area contributed by atoms with Crippen LogP contribution in [0.4, 0.5) is 0 Å². The first-order valence-electron chi connectivity index (χ1n) is 20.0. The number of benzene rings is 10. The van der Waals surface area contributed by atoms with Crippen molar-refractivity contribution in [2.75, 3.05) is 0 Å². The molecular formula is C58H36. The van der Waals surface area contributed by atoms with E-state index in [1.54, 1.807) is 0 Å². The quantitative estimate of drug-likeness (QED) is 0.159. The van der Waals surface area contributed by atoms with E-state index in [1.807, 2.05) is 6.07 Å². The molecule has 0 fully saturated rings. The van der Waals surface area contributed by atoms with Gasteiger partial charge in [0.1, 0.15) is 0 Å². The van der Waals surface area contributed by atoms with Crippen molar-refractivity contribution in [1.29, 1.82) is 0 Å². The van der Waals surface area contributed by atoms with E-state index >= 15 is 0 Å². The Bertz CT molecular complexity index is 3880. The zero-order chi connectivity index (χ0) is 38.5. The number of hydrogen-bond acceptors (Lipinski definition) is 0. The maximum atomic E-state index is 4.88. The second-order valence-corrected chi connectivity index (χ2v) is 15.8. The van der Waals surface area contributed by atoms with Crippen LogP contribution in [0.5, 0.6) is 0 Å². The summed E-state index contributed by atoms with van der Waals surface area (Å²) in [5, 5.41) is 24.4. The third kappa shape index (κ3) is 4.89. The molecule has 0 bridgehead atoms. The molecular weight excluding hydrogens is 697 g/mol. The lowest BCUT2D eigenvalue weighted by Gasteiger charge is -2.11. The summed E-state index contributed by atoms with van der Waals surface area (Å²) in [6.45, 7) is 9.28. The van der Waals surface area contributed by atoms with E-state index in [0.717, 1.165) is 27.0 Å². The molecule has 0 radical (unpaired) electrons. The van der Waals surface area contributed by atoms with E-state index in [9.17, 15) is 0 Å². The van der Waals surface area contributed by atoms with Crippen LogP contribution in [0.15, 0.2) is 195 Å². The predicted octanol–water partition coefficient (Wildman–Crippen LogP) is 14.6. The van der Waals surface area contributed by atoms with Crippen molar-refractivity contribution in [1.82, 2.24) is 0 Å². The summed E-state index contributed by atoms with van der Waals surface area (Å²) in [6.07, 6.45) is 2.22. The zero-order valence-corrected chi connectivity index (χ0v) is 31.9. The standard InChI is InChI=1S/C58H36/c1-35-13-3-4-15-38(35)27-36(2)50-32-44-29-40-17-7-9-20-45(40)47-22-11-19-43(57(44)47)31-51(42-26-25-37-14-5-6-16-39(37)28-42)54-33-52-49-24-12-23-48-46-21-10-8-18-41(46)30-56(58(48)49)55(52)34-53(50)54/h3-34H,1-2H2/b38-27-,50-32?,51-31?. The van der Waals surface area contributed by atoms with Gasteiger partial charge >= 0.3 is 0 Å². The summed E-state index contributed by atoms with van der Waals surface area (Å²) in [7, 11) is 0. The predicted molar refractivity (Wildman–Crippen MR) is 254 cm³/mol. The molecule has 12 rings (SSSR count). The molecule has 0 N–H and O–H groups in total. The summed E-state index contributed by atoms with van der Waals surface area (Å²) in [6, 6.07) is 69.7. The summed E-state index contributed by atoms with van der Waals surface area (Å²) in [5.74, 6) is 0. The number of allylic oxidation sites excluding steroid dienone is 1. The van der Waals surface area contributed by atoms with Crippen LogP contribution >= 0.6 is 0 Å². The maximum Gasteiger partial charge on any atom is -0.00199 e. The molecule has 0 heterocycles. The Balaban J connectivity index is 1.36. The Morgan fingerprint density at radius 3 is 1.72 bits per heavy atom. The summed E-state index contributed by atoms with van der Waals surface area (Å²) in [4.78, 5) is 0. The molecule has 0 spiro atoms.